The highest BCUT2D eigenvalue weighted by Gasteiger charge is 2.30. The maximum absolute atomic E-state index is 11.7. The number of ether oxygens (including phenoxy) is 2. The Morgan fingerprint density at radius 2 is 2.18 bits per heavy atom. The van der Waals surface area contributed by atoms with E-state index in [2.05, 4.69) is 6.07 Å². The molecule has 0 aromatic heterocycles. The molecule has 0 N–H and O–H groups in total. The third kappa shape index (κ3) is 5.18. The summed E-state index contributed by atoms with van der Waals surface area (Å²) in [6.45, 7) is 6.11. The van der Waals surface area contributed by atoms with E-state index in [-0.39, 0.29) is 5.97 Å². The molecule has 0 radical (unpaired) electrons. The number of nitriles is 1. The molecule has 1 rings (SSSR count). The summed E-state index contributed by atoms with van der Waals surface area (Å²) in [4.78, 5) is 11.7. The Kier molecular flexibility index (Phi) is 4.95. The SMILES string of the molecule is CC(C)(C)OC(=O)[C@@H]1CC[C@H](CCC#N)CO1. The van der Waals surface area contributed by atoms with Crippen LogP contribution in [0.15, 0.2) is 0 Å². The molecule has 0 aromatic rings. The van der Waals surface area contributed by atoms with Crippen LogP contribution in [0, 0.1) is 17.2 Å². The van der Waals surface area contributed by atoms with Gasteiger partial charge in [0.1, 0.15) is 5.60 Å². The van der Waals surface area contributed by atoms with Crippen LogP contribution >= 0.6 is 0 Å². The summed E-state index contributed by atoms with van der Waals surface area (Å²) in [5.41, 5.74) is -0.460. The fourth-order valence-corrected chi connectivity index (χ4v) is 1.86. The fraction of sp³-hybridized carbons (Fsp3) is 0.846. The van der Waals surface area contributed by atoms with Crippen molar-refractivity contribution in [2.45, 2.75) is 58.2 Å². The fourth-order valence-electron chi connectivity index (χ4n) is 1.86. The monoisotopic (exact) mass is 239 g/mol. The number of carbonyl (C=O) groups is 1. The molecule has 0 aromatic carbocycles. The zero-order valence-electron chi connectivity index (χ0n) is 10.9. The topological polar surface area (TPSA) is 59.3 Å². The van der Waals surface area contributed by atoms with Gasteiger partial charge >= 0.3 is 5.97 Å². The number of esters is 1. The first-order valence-electron chi connectivity index (χ1n) is 6.14. The molecule has 17 heavy (non-hydrogen) atoms. The molecule has 96 valence electrons. The number of rotatable bonds is 3. The Morgan fingerprint density at radius 3 is 2.65 bits per heavy atom. The van der Waals surface area contributed by atoms with Gasteiger partial charge in [0.15, 0.2) is 6.10 Å². The van der Waals surface area contributed by atoms with Crippen LogP contribution in [-0.4, -0.2) is 24.3 Å². The Morgan fingerprint density at radius 1 is 1.47 bits per heavy atom. The normalized spacial score (nSPS) is 25.1. The third-order valence-electron chi connectivity index (χ3n) is 2.70. The van der Waals surface area contributed by atoms with Gasteiger partial charge in [-0.25, -0.2) is 4.79 Å². The number of nitrogens with zero attached hydrogens (tertiary/aromatic N) is 1. The molecule has 0 bridgehead atoms. The lowest BCUT2D eigenvalue weighted by Crippen LogP contribution is -2.37. The molecule has 0 unspecified atom stereocenters. The zero-order chi connectivity index (χ0) is 12.9. The van der Waals surface area contributed by atoms with E-state index in [9.17, 15) is 4.79 Å². The van der Waals surface area contributed by atoms with Crippen molar-refractivity contribution in [3.05, 3.63) is 0 Å². The van der Waals surface area contributed by atoms with Crippen molar-refractivity contribution < 1.29 is 14.3 Å². The van der Waals surface area contributed by atoms with Crippen molar-refractivity contribution >= 4 is 5.97 Å². The number of carbonyl (C=O) groups excluding carboxylic acids is 1. The zero-order valence-corrected chi connectivity index (χ0v) is 10.9. The molecule has 1 heterocycles. The number of hydrogen-bond acceptors (Lipinski definition) is 4. The molecule has 0 spiro atoms. The minimum atomic E-state index is -0.460. The molecule has 0 aliphatic carbocycles. The standard InChI is InChI=1S/C13H21NO3/c1-13(2,3)17-12(15)11-7-6-10(9-16-11)5-4-8-14/h10-11H,4-7,9H2,1-3H3/t10-,11-/m0/s1. The van der Waals surface area contributed by atoms with Crippen molar-refractivity contribution in [1.82, 2.24) is 0 Å². The molecule has 1 fully saturated rings. The molecule has 0 saturated carbocycles. The molecular weight excluding hydrogens is 218 g/mol. The van der Waals surface area contributed by atoms with Gasteiger partial charge in [-0.15, -0.1) is 0 Å². The average Bonchev–Trinajstić information content (AvgIpc) is 2.24. The van der Waals surface area contributed by atoms with E-state index in [1.54, 1.807) is 0 Å². The van der Waals surface area contributed by atoms with Gasteiger partial charge in [0.25, 0.3) is 0 Å². The summed E-state index contributed by atoms with van der Waals surface area (Å²) in [6.07, 6.45) is 2.63. The Balaban J connectivity index is 2.32. The van der Waals surface area contributed by atoms with Crippen LogP contribution < -0.4 is 0 Å². The van der Waals surface area contributed by atoms with Crippen LogP contribution in [0.4, 0.5) is 0 Å². The molecule has 0 amide bonds. The van der Waals surface area contributed by atoms with Crippen LogP contribution in [0.3, 0.4) is 0 Å². The van der Waals surface area contributed by atoms with Crippen LogP contribution in [0.1, 0.15) is 46.5 Å². The second kappa shape index (κ2) is 6.02. The van der Waals surface area contributed by atoms with Crippen molar-refractivity contribution in [2.24, 2.45) is 5.92 Å². The summed E-state index contributed by atoms with van der Waals surface area (Å²) >= 11 is 0. The lowest BCUT2D eigenvalue weighted by atomic mass is 9.94. The van der Waals surface area contributed by atoms with Crippen molar-refractivity contribution in [3.8, 4) is 6.07 Å². The van der Waals surface area contributed by atoms with E-state index in [4.69, 9.17) is 14.7 Å². The molecule has 1 aliphatic rings. The predicted molar refractivity (Wildman–Crippen MR) is 63.2 cm³/mol. The average molecular weight is 239 g/mol. The summed E-state index contributed by atoms with van der Waals surface area (Å²) in [5.74, 6) is 0.143. The van der Waals surface area contributed by atoms with Gasteiger partial charge in [0, 0.05) is 6.42 Å². The Labute approximate surface area is 103 Å². The van der Waals surface area contributed by atoms with Gasteiger partial charge in [-0.2, -0.15) is 5.26 Å². The first kappa shape index (κ1) is 14.0. The molecule has 1 saturated heterocycles. The molecular formula is C13H21NO3. The summed E-state index contributed by atoms with van der Waals surface area (Å²) in [6, 6.07) is 2.13. The third-order valence-corrected chi connectivity index (χ3v) is 2.70. The van der Waals surface area contributed by atoms with Crippen LogP contribution in [0.25, 0.3) is 0 Å². The maximum Gasteiger partial charge on any atom is 0.335 e. The van der Waals surface area contributed by atoms with Crippen molar-refractivity contribution in [1.29, 1.82) is 5.26 Å². The molecule has 1 aliphatic heterocycles. The minimum Gasteiger partial charge on any atom is -0.458 e. The second-order valence-corrected chi connectivity index (χ2v) is 5.50. The predicted octanol–water partition coefficient (Wildman–Crippen LogP) is 2.43. The summed E-state index contributed by atoms with van der Waals surface area (Å²) in [5, 5.41) is 8.50. The van der Waals surface area contributed by atoms with Gasteiger partial charge < -0.3 is 9.47 Å². The van der Waals surface area contributed by atoms with E-state index in [1.807, 2.05) is 20.8 Å². The van der Waals surface area contributed by atoms with E-state index >= 15 is 0 Å². The van der Waals surface area contributed by atoms with Gasteiger partial charge in [-0.3, -0.25) is 0 Å². The highest BCUT2D eigenvalue weighted by molar-refractivity contribution is 5.75. The summed E-state index contributed by atoms with van der Waals surface area (Å²) in [7, 11) is 0. The van der Waals surface area contributed by atoms with Crippen molar-refractivity contribution in [2.75, 3.05) is 6.61 Å². The lowest BCUT2D eigenvalue weighted by Gasteiger charge is -2.29. The number of hydrogen-bond donors (Lipinski definition) is 0. The van der Waals surface area contributed by atoms with E-state index in [0.717, 1.165) is 12.8 Å². The quantitative estimate of drug-likeness (QED) is 0.710. The minimum absolute atomic E-state index is 0.267. The first-order chi connectivity index (χ1) is 7.92. The Hall–Kier alpha value is -1.08. The van der Waals surface area contributed by atoms with Gasteiger partial charge in [0.05, 0.1) is 12.7 Å². The largest absolute Gasteiger partial charge is 0.458 e. The Bertz CT molecular complexity index is 293. The second-order valence-electron chi connectivity index (χ2n) is 5.50. The van der Waals surface area contributed by atoms with Gasteiger partial charge in [-0.1, -0.05) is 0 Å². The summed E-state index contributed by atoms with van der Waals surface area (Å²) < 4.78 is 10.8. The van der Waals surface area contributed by atoms with Crippen LogP contribution in [-0.2, 0) is 14.3 Å². The van der Waals surface area contributed by atoms with Crippen molar-refractivity contribution in [3.63, 3.8) is 0 Å². The van der Waals surface area contributed by atoms with Crippen LogP contribution in [0.2, 0.25) is 0 Å². The lowest BCUT2D eigenvalue weighted by molar-refractivity contribution is -0.173. The molecule has 2 atom stereocenters. The van der Waals surface area contributed by atoms with E-state index in [0.29, 0.717) is 25.4 Å². The highest BCUT2D eigenvalue weighted by atomic mass is 16.6. The van der Waals surface area contributed by atoms with Gasteiger partial charge in [0.2, 0.25) is 0 Å². The molecule has 4 nitrogen and oxygen atoms in total. The van der Waals surface area contributed by atoms with E-state index < -0.39 is 11.7 Å². The highest BCUT2D eigenvalue weighted by Crippen LogP contribution is 2.24. The smallest absolute Gasteiger partial charge is 0.335 e. The first-order valence-corrected chi connectivity index (χ1v) is 6.14. The van der Waals surface area contributed by atoms with Gasteiger partial charge in [-0.05, 0) is 46.0 Å². The van der Waals surface area contributed by atoms with Crippen LogP contribution in [0.5, 0.6) is 0 Å². The van der Waals surface area contributed by atoms with E-state index in [1.165, 1.54) is 0 Å². The maximum atomic E-state index is 11.7. The molecule has 4 heteroatoms.